The highest BCUT2D eigenvalue weighted by atomic mass is 32.2. The predicted molar refractivity (Wildman–Crippen MR) is 58.8 cm³/mol. The second-order valence-electron chi connectivity index (χ2n) is 3.19. The van der Waals surface area contributed by atoms with E-state index in [-0.39, 0.29) is 17.2 Å². The monoisotopic (exact) mass is 241 g/mol. The second-order valence-corrected chi connectivity index (χ2v) is 4.61. The van der Waals surface area contributed by atoms with E-state index in [0.29, 0.717) is 5.03 Å². The number of hydrogen-bond donors (Lipinski definition) is 2. The molecule has 2 N–H and O–H groups in total. The van der Waals surface area contributed by atoms with Gasteiger partial charge in [-0.2, -0.15) is 0 Å². The Labute approximate surface area is 96.5 Å². The van der Waals surface area contributed by atoms with Crippen LogP contribution in [0.3, 0.4) is 0 Å². The Morgan fingerprint density at radius 1 is 1.50 bits per heavy atom. The summed E-state index contributed by atoms with van der Waals surface area (Å²) in [5, 5.41) is 17.6. The molecule has 1 aromatic rings. The van der Waals surface area contributed by atoms with E-state index in [9.17, 15) is 9.59 Å². The lowest BCUT2D eigenvalue weighted by molar-refractivity contribution is -0.136. The lowest BCUT2D eigenvalue weighted by Crippen LogP contribution is -2.08. The first-order chi connectivity index (χ1) is 7.50. The van der Waals surface area contributed by atoms with Crippen molar-refractivity contribution in [3.63, 3.8) is 0 Å². The van der Waals surface area contributed by atoms with Crippen molar-refractivity contribution in [1.82, 2.24) is 4.98 Å². The molecule has 0 spiro atoms. The van der Waals surface area contributed by atoms with Gasteiger partial charge in [0.1, 0.15) is 5.03 Å². The van der Waals surface area contributed by atoms with E-state index in [1.165, 1.54) is 18.3 Å². The Bertz CT molecular complexity index is 408. The molecule has 1 heterocycles. The summed E-state index contributed by atoms with van der Waals surface area (Å²) in [6, 6.07) is 2.99. The van der Waals surface area contributed by atoms with Gasteiger partial charge in [0.05, 0.1) is 12.0 Å². The molecule has 0 aromatic carbocycles. The first-order valence-corrected chi connectivity index (χ1v) is 5.45. The van der Waals surface area contributed by atoms with Crippen LogP contribution in [0.1, 0.15) is 23.7 Å². The number of nitrogens with zero attached hydrogens (tertiary/aromatic N) is 1. The molecule has 1 aromatic heterocycles. The Morgan fingerprint density at radius 3 is 2.75 bits per heavy atom. The highest BCUT2D eigenvalue weighted by molar-refractivity contribution is 7.99. The van der Waals surface area contributed by atoms with E-state index in [1.807, 2.05) is 0 Å². The molecule has 0 radical (unpaired) electrons. The molecule has 0 amide bonds. The summed E-state index contributed by atoms with van der Waals surface area (Å²) in [6.45, 7) is 1.72. The minimum absolute atomic E-state index is 0.0275. The molecule has 0 aliphatic heterocycles. The zero-order chi connectivity index (χ0) is 12.1. The van der Waals surface area contributed by atoms with E-state index in [1.54, 1.807) is 6.92 Å². The highest BCUT2D eigenvalue weighted by Gasteiger charge is 2.15. The van der Waals surface area contributed by atoms with Gasteiger partial charge in [0.2, 0.25) is 0 Å². The van der Waals surface area contributed by atoms with Gasteiger partial charge < -0.3 is 10.2 Å². The fraction of sp³-hybridized carbons (Fsp3) is 0.300. The number of rotatable bonds is 5. The fourth-order valence-electron chi connectivity index (χ4n) is 1.13. The van der Waals surface area contributed by atoms with Crippen molar-refractivity contribution in [2.75, 3.05) is 0 Å². The SMILES string of the molecule is CC(CC(=O)O)Sc1ncccc1C(=O)O. The number of pyridine rings is 1. The van der Waals surface area contributed by atoms with Crippen molar-refractivity contribution in [2.45, 2.75) is 23.6 Å². The normalized spacial score (nSPS) is 12.1. The summed E-state index contributed by atoms with van der Waals surface area (Å²) in [5.74, 6) is -1.97. The number of aliphatic carboxylic acids is 1. The van der Waals surface area contributed by atoms with E-state index in [2.05, 4.69) is 4.98 Å². The van der Waals surface area contributed by atoms with Gasteiger partial charge in [-0.3, -0.25) is 4.79 Å². The number of aromatic carboxylic acids is 1. The molecule has 1 rings (SSSR count). The van der Waals surface area contributed by atoms with Gasteiger partial charge in [-0.1, -0.05) is 6.92 Å². The van der Waals surface area contributed by atoms with Crippen LogP contribution in [0.25, 0.3) is 0 Å². The molecule has 0 aliphatic carbocycles. The molecule has 6 heteroatoms. The third-order valence-corrected chi connectivity index (χ3v) is 2.89. The maximum Gasteiger partial charge on any atom is 0.338 e. The molecule has 0 bridgehead atoms. The molecule has 16 heavy (non-hydrogen) atoms. The Balaban J connectivity index is 2.80. The fourth-order valence-corrected chi connectivity index (χ4v) is 2.14. The van der Waals surface area contributed by atoms with Crippen LogP contribution in [-0.2, 0) is 4.79 Å². The average molecular weight is 241 g/mol. The summed E-state index contributed by atoms with van der Waals surface area (Å²) in [7, 11) is 0. The van der Waals surface area contributed by atoms with Crippen molar-refractivity contribution >= 4 is 23.7 Å². The van der Waals surface area contributed by atoms with Crippen LogP contribution in [-0.4, -0.2) is 32.4 Å². The number of thioether (sulfide) groups is 1. The van der Waals surface area contributed by atoms with Crippen molar-refractivity contribution in [3.05, 3.63) is 23.9 Å². The maximum atomic E-state index is 10.9. The van der Waals surface area contributed by atoms with E-state index >= 15 is 0 Å². The first-order valence-electron chi connectivity index (χ1n) is 4.57. The minimum Gasteiger partial charge on any atom is -0.481 e. The third kappa shape index (κ3) is 3.54. The van der Waals surface area contributed by atoms with Crippen molar-refractivity contribution in [2.24, 2.45) is 0 Å². The van der Waals surface area contributed by atoms with E-state index < -0.39 is 11.9 Å². The number of carboxylic acids is 2. The van der Waals surface area contributed by atoms with Gasteiger partial charge in [0, 0.05) is 11.4 Å². The smallest absolute Gasteiger partial charge is 0.338 e. The summed E-state index contributed by atoms with van der Waals surface area (Å²) in [6.07, 6.45) is 1.46. The van der Waals surface area contributed by atoms with Crippen LogP contribution >= 0.6 is 11.8 Å². The van der Waals surface area contributed by atoms with Gasteiger partial charge in [0.25, 0.3) is 0 Å². The molecule has 0 aliphatic rings. The zero-order valence-corrected chi connectivity index (χ0v) is 9.40. The first kappa shape index (κ1) is 12.5. The van der Waals surface area contributed by atoms with Crippen LogP contribution in [0.15, 0.2) is 23.4 Å². The van der Waals surface area contributed by atoms with Gasteiger partial charge in [-0.15, -0.1) is 11.8 Å². The topological polar surface area (TPSA) is 87.5 Å². The summed E-state index contributed by atoms with van der Waals surface area (Å²) < 4.78 is 0. The zero-order valence-electron chi connectivity index (χ0n) is 8.58. The number of aromatic nitrogens is 1. The predicted octanol–water partition coefficient (Wildman–Crippen LogP) is 1.74. The van der Waals surface area contributed by atoms with Crippen molar-refractivity contribution in [3.8, 4) is 0 Å². The summed E-state index contributed by atoms with van der Waals surface area (Å²) in [4.78, 5) is 25.3. The molecule has 0 saturated heterocycles. The molecular formula is C10H11NO4S. The molecule has 5 nitrogen and oxygen atoms in total. The van der Waals surface area contributed by atoms with Crippen molar-refractivity contribution in [1.29, 1.82) is 0 Å². The largest absolute Gasteiger partial charge is 0.481 e. The van der Waals surface area contributed by atoms with Gasteiger partial charge in [0.15, 0.2) is 0 Å². The quantitative estimate of drug-likeness (QED) is 0.763. The molecule has 0 saturated carbocycles. The molecular weight excluding hydrogens is 230 g/mol. The third-order valence-electron chi connectivity index (χ3n) is 1.78. The van der Waals surface area contributed by atoms with Gasteiger partial charge >= 0.3 is 11.9 Å². The standard InChI is InChI=1S/C10H11NO4S/c1-6(5-8(12)13)16-9-7(10(14)15)3-2-4-11-9/h2-4,6H,5H2,1H3,(H,12,13)(H,14,15). The molecule has 1 atom stereocenters. The highest BCUT2D eigenvalue weighted by Crippen LogP contribution is 2.26. The second kappa shape index (κ2) is 5.50. The lowest BCUT2D eigenvalue weighted by atomic mass is 10.3. The van der Waals surface area contributed by atoms with Crippen LogP contribution < -0.4 is 0 Å². The summed E-state index contributed by atoms with van der Waals surface area (Å²) >= 11 is 1.15. The number of hydrogen-bond acceptors (Lipinski definition) is 4. The van der Waals surface area contributed by atoms with E-state index in [0.717, 1.165) is 11.8 Å². The number of carboxylic acid groups (broad SMARTS) is 2. The van der Waals surface area contributed by atoms with Crippen LogP contribution in [0, 0.1) is 0 Å². The Kier molecular flexibility index (Phi) is 4.30. The Hall–Kier alpha value is -1.56. The lowest BCUT2D eigenvalue weighted by Gasteiger charge is -2.09. The van der Waals surface area contributed by atoms with Gasteiger partial charge in [-0.05, 0) is 12.1 Å². The molecule has 86 valence electrons. The van der Waals surface area contributed by atoms with Crippen LogP contribution in [0.5, 0.6) is 0 Å². The van der Waals surface area contributed by atoms with E-state index in [4.69, 9.17) is 10.2 Å². The van der Waals surface area contributed by atoms with Crippen molar-refractivity contribution < 1.29 is 19.8 Å². The van der Waals surface area contributed by atoms with Gasteiger partial charge in [-0.25, -0.2) is 9.78 Å². The maximum absolute atomic E-state index is 10.9. The number of carbonyl (C=O) groups is 2. The average Bonchev–Trinajstić information content (AvgIpc) is 2.16. The Morgan fingerprint density at radius 2 is 2.19 bits per heavy atom. The van der Waals surface area contributed by atoms with Crippen LogP contribution in [0.2, 0.25) is 0 Å². The minimum atomic E-state index is -1.06. The summed E-state index contributed by atoms with van der Waals surface area (Å²) in [5.41, 5.74) is 0.102. The molecule has 1 unspecified atom stereocenters. The van der Waals surface area contributed by atoms with Crippen LogP contribution in [0.4, 0.5) is 0 Å². The molecule has 0 fully saturated rings.